The lowest BCUT2D eigenvalue weighted by atomic mass is 9.83. The van der Waals surface area contributed by atoms with Crippen LogP contribution in [0.3, 0.4) is 0 Å². The number of anilines is 1. The average Bonchev–Trinajstić information content (AvgIpc) is 4.20. The van der Waals surface area contributed by atoms with Crippen LogP contribution < -0.4 is 14.4 Å². The topological polar surface area (TPSA) is 172 Å². The average molecular weight is 794 g/mol. The van der Waals surface area contributed by atoms with Gasteiger partial charge in [-0.2, -0.15) is 20.5 Å². The first-order valence-electron chi connectivity index (χ1n) is 19.9. The molecule has 16 heteroatoms. The molecule has 300 valence electrons. The van der Waals surface area contributed by atoms with E-state index in [4.69, 9.17) is 29.9 Å². The van der Waals surface area contributed by atoms with Gasteiger partial charge in [-0.05, 0) is 70.3 Å². The van der Waals surface area contributed by atoms with Gasteiger partial charge < -0.3 is 24.2 Å². The molecule has 0 atom stereocenters. The Hall–Kier alpha value is -5.32. The molecule has 7 aliphatic rings. The summed E-state index contributed by atoms with van der Waals surface area (Å²) in [5.41, 5.74) is 3.37. The molecule has 0 unspecified atom stereocenters. The van der Waals surface area contributed by atoms with E-state index in [0.717, 1.165) is 54.1 Å². The Kier molecular flexibility index (Phi) is 12.5. The van der Waals surface area contributed by atoms with Crippen LogP contribution in [0.1, 0.15) is 124 Å². The Morgan fingerprint density at radius 3 is 1.74 bits per heavy atom. The second-order valence-electron chi connectivity index (χ2n) is 15.6. The third-order valence-electron chi connectivity index (χ3n) is 10.8. The van der Waals surface area contributed by atoms with Crippen LogP contribution in [0.5, 0.6) is 11.8 Å². The molecule has 0 radical (unpaired) electrons. The van der Waals surface area contributed by atoms with Crippen LogP contribution in [0.2, 0.25) is 0 Å². The van der Waals surface area contributed by atoms with Gasteiger partial charge in [0.1, 0.15) is 39.9 Å². The highest BCUT2D eigenvalue weighted by molar-refractivity contribution is 7.15. The normalized spacial score (nSPS) is 20.3. The lowest BCUT2D eigenvalue weighted by molar-refractivity contribution is -0.354. The molecule has 10 rings (SSSR count). The van der Waals surface area contributed by atoms with Gasteiger partial charge in [-0.3, -0.25) is 0 Å². The van der Waals surface area contributed by atoms with Gasteiger partial charge in [0.25, 0.3) is 0 Å². The van der Waals surface area contributed by atoms with Crippen LogP contribution in [0.4, 0.5) is 5.13 Å². The van der Waals surface area contributed by atoms with Gasteiger partial charge in [-0.1, -0.05) is 36.2 Å². The van der Waals surface area contributed by atoms with Gasteiger partial charge in [0.2, 0.25) is 16.9 Å². The summed E-state index contributed by atoms with van der Waals surface area (Å²) in [6.07, 6.45) is 21.8. The van der Waals surface area contributed by atoms with Crippen molar-refractivity contribution in [2.45, 2.75) is 95.8 Å². The summed E-state index contributed by atoms with van der Waals surface area (Å²) in [6.45, 7) is 9.20. The summed E-state index contributed by atoms with van der Waals surface area (Å²) in [6, 6.07) is 3.97. The first-order valence-corrected chi connectivity index (χ1v) is 20.7. The van der Waals surface area contributed by atoms with Crippen molar-refractivity contribution in [3.05, 3.63) is 75.6 Å². The molecule has 3 aromatic heterocycles. The van der Waals surface area contributed by atoms with Crippen molar-refractivity contribution >= 4 is 16.5 Å². The van der Waals surface area contributed by atoms with Crippen molar-refractivity contribution in [3.63, 3.8) is 0 Å². The predicted octanol–water partition coefficient (Wildman–Crippen LogP) is 7.07. The maximum atomic E-state index is 8.68. The number of likely N-dealkylation sites (tertiary alicyclic amines) is 1. The van der Waals surface area contributed by atoms with E-state index in [0.29, 0.717) is 34.7 Å². The standard InChI is InChI=1S/C14H20N2O2.2C9H9N3O.C9H13N3S/c1-14(2)11(12-10-15(3)18-17-12)6-7-13(14)16-8-4-5-9-16;2*1-13-9-7(4-10)5-11-8(12-9)6-2-3-6;1-2-6-12(5-1)9-11-10-8(13-9)7-3-4-7/h6-7,10H,4-5,8-9H2,1-3H3;2*5-6H,2-3H2,1H3;7H,1-6H2. The number of hydrogen-bond acceptors (Lipinski definition) is 16. The van der Waals surface area contributed by atoms with Crippen molar-refractivity contribution in [2.75, 3.05) is 52.3 Å². The molecule has 0 N–H and O–H groups in total. The van der Waals surface area contributed by atoms with E-state index in [1.807, 2.05) is 25.4 Å². The zero-order valence-corrected chi connectivity index (χ0v) is 34.3. The lowest BCUT2D eigenvalue weighted by Gasteiger charge is -2.33. The second-order valence-corrected chi connectivity index (χ2v) is 16.6. The second kappa shape index (κ2) is 17.9. The summed E-state index contributed by atoms with van der Waals surface area (Å²) in [5.74, 6) is 4.93. The van der Waals surface area contributed by atoms with Crippen LogP contribution in [-0.4, -0.2) is 87.5 Å². The number of allylic oxidation sites excluding steroid dienone is 4. The van der Waals surface area contributed by atoms with Crippen LogP contribution in [0, 0.1) is 28.1 Å². The number of nitriles is 2. The van der Waals surface area contributed by atoms with Crippen LogP contribution >= 0.6 is 11.3 Å². The molecule has 15 nitrogen and oxygen atoms in total. The molecule has 3 saturated carbocycles. The minimum absolute atomic E-state index is 0.00921. The summed E-state index contributed by atoms with van der Waals surface area (Å²) < 4.78 is 9.96. The van der Waals surface area contributed by atoms with E-state index in [2.05, 4.69) is 65.9 Å². The van der Waals surface area contributed by atoms with E-state index in [-0.39, 0.29) is 5.41 Å². The molecule has 2 saturated heterocycles. The fourth-order valence-electron chi connectivity index (χ4n) is 7.04. The van der Waals surface area contributed by atoms with Crippen molar-refractivity contribution in [1.29, 1.82) is 10.5 Å². The summed E-state index contributed by atoms with van der Waals surface area (Å²) in [4.78, 5) is 31.7. The van der Waals surface area contributed by atoms with Crippen molar-refractivity contribution in [2.24, 2.45) is 5.41 Å². The van der Waals surface area contributed by atoms with Crippen LogP contribution in [0.15, 0.2) is 47.8 Å². The largest absolute Gasteiger partial charge is 0.480 e. The SMILES string of the molecule is C1CCN(c2nnc(C3CC3)s2)C1.CN1C=C(C2=CC=C(N3CCCC3)C2(C)C)OO1.COc1nc(C2CC2)ncc1C#N.COc1nc(C2CC2)ncc1C#N. The molecule has 4 aliphatic carbocycles. The summed E-state index contributed by atoms with van der Waals surface area (Å²) in [7, 11) is 4.85. The van der Waals surface area contributed by atoms with E-state index >= 15 is 0 Å². The molecule has 0 amide bonds. The number of methoxy groups -OCH3 is 2. The Bertz CT molecular complexity index is 1990. The Balaban J connectivity index is 0.000000117. The van der Waals surface area contributed by atoms with Crippen molar-refractivity contribution in [3.8, 4) is 23.9 Å². The third-order valence-corrected chi connectivity index (χ3v) is 11.9. The number of aromatic nitrogens is 6. The highest BCUT2D eigenvalue weighted by Gasteiger charge is 2.39. The summed E-state index contributed by atoms with van der Waals surface area (Å²) >= 11 is 1.80. The van der Waals surface area contributed by atoms with Gasteiger partial charge in [-0.25, -0.2) is 15.0 Å². The highest BCUT2D eigenvalue weighted by Crippen LogP contribution is 2.47. The van der Waals surface area contributed by atoms with Crippen LogP contribution in [-0.2, 0) is 9.88 Å². The van der Waals surface area contributed by atoms with Crippen molar-refractivity contribution < 1.29 is 19.3 Å². The fraction of sp³-hybridized carbons (Fsp3) is 0.561. The zero-order chi connectivity index (χ0) is 39.9. The zero-order valence-electron chi connectivity index (χ0n) is 33.5. The molecule has 5 fully saturated rings. The summed E-state index contributed by atoms with van der Waals surface area (Å²) in [5, 5.41) is 29.9. The molecule has 0 spiro atoms. The number of rotatable bonds is 8. The molecule has 6 heterocycles. The molecule has 3 aromatic rings. The first kappa shape index (κ1) is 39.9. The molecular formula is C41H51N11O4S. The van der Waals surface area contributed by atoms with Crippen LogP contribution in [0.25, 0.3) is 0 Å². The van der Waals surface area contributed by atoms with Gasteiger partial charge in [0.05, 0.1) is 32.8 Å². The molecule has 0 aromatic carbocycles. The smallest absolute Gasteiger partial charge is 0.234 e. The van der Waals surface area contributed by atoms with Gasteiger partial charge in [0.15, 0.2) is 5.76 Å². The number of hydrogen-bond donors (Lipinski definition) is 0. The minimum atomic E-state index is -0.00921. The van der Waals surface area contributed by atoms with E-state index in [1.54, 1.807) is 16.4 Å². The first-order chi connectivity index (χ1) is 27.7. The maximum Gasteiger partial charge on any atom is 0.234 e. The molecular weight excluding hydrogens is 743 g/mol. The molecule has 3 aliphatic heterocycles. The number of ether oxygens (including phenoxy) is 2. The quantitative estimate of drug-likeness (QED) is 0.212. The van der Waals surface area contributed by atoms with E-state index in [1.165, 1.54) is 108 Å². The Morgan fingerprint density at radius 1 is 0.754 bits per heavy atom. The van der Waals surface area contributed by atoms with Gasteiger partial charge in [0, 0.05) is 67.7 Å². The Labute approximate surface area is 338 Å². The fourth-order valence-corrected chi connectivity index (χ4v) is 8.11. The number of hydroxylamine groups is 2. The van der Waals surface area contributed by atoms with E-state index in [9.17, 15) is 0 Å². The minimum Gasteiger partial charge on any atom is -0.480 e. The van der Waals surface area contributed by atoms with Crippen molar-refractivity contribution in [1.82, 2.24) is 40.1 Å². The predicted molar refractivity (Wildman–Crippen MR) is 213 cm³/mol. The maximum absolute atomic E-state index is 8.68. The van der Waals surface area contributed by atoms with Gasteiger partial charge in [-0.15, -0.1) is 10.2 Å². The molecule has 0 bridgehead atoms. The third kappa shape index (κ3) is 9.80. The van der Waals surface area contributed by atoms with Gasteiger partial charge >= 0.3 is 0 Å². The molecule has 57 heavy (non-hydrogen) atoms. The monoisotopic (exact) mass is 793 g/mol. The Morgan fingerprint density at radius 2 is 1.28 bits per heavy atom. The number of nitrogens with zero attached hydrogens (tertiary/aromatic N) is 11. The van der Waals surface area contributed by atoms with E-state index < -0.39 is 0 Å². The lowest BCUT2D eigenvalue weighted by Crippen LogP contribution is -2.29. The highest BCUT2D eigenvalue weighted by atomic mass is 32.1.